The highest BCUT2D eigenvalue weighted by atomic mass is 32.2. The molecule has 35 heavy (non-hydrogen) atoms. The van der Waals surface area contributed by atoms with Gasteiger partial charge in [0.05, 0.1) is 36.4 Å². The standard InChI is InChI=1S/C24H25FN6O3S/c1-14-23-21(29-24(26)28-14)8-16(9-22(23)30-34-18-12-31(13-18)35(2,32)33)19-6-5-17(25)10-20(19)15-4-3-7-27-11-15/h3-7,10-11,16,18H,8-9,12-13H2,1-2H3,(H2,26,28,29). The first-order valence-electron chi connectivity index (χ1n) is 11.2. The Morgan fingerprint density at radius 2 is 2.00 bits per heavy atom. The van der Waals surface area contributed by atoms with E-state index < -0.39 is 10.0 Å². The molecule has 1 atom stereocenters. The average molecular weight is 497 g/mol. The van der Waals surface area contributed by atoms with E-state index in [0.717, 1.165) is 27.9 Å². The number of aromatic nitrogens is 3. The van der Waals surface area contributed by atoms with Crippen LogP contribution in [-0.2, 0) is 21.3 Å². The molecule has 1 aliphatic carbocycles. The molecule has 11 heteroatoms. The second-order valence-corrected chi connectivity index (χ2v) is 10.9. The lowest BCUT2D eigenvalue weighted by molar-refractivity contribution is -0.0171. The van der Waals surface area contributed by atoms with Crippen molar-refractivity contribution in [1.82, 2.24) is 19.3 Å². The Morgan fingerprint density at radius 1 is 1.20 bits per heavy atom. The molecule has 0 saturated carbocycles. The summed E-state index contributed by atoms with van der Waals surface area (Å²) in [6.45, 7) is 2.36. The Balaban J connectivity index is 1.50. The van der Waals surface area contributed by atoms with Crippen LogP contribution >= 0.6 is 0 Å². The summed E-state index contributed by atoms with van der Waals surface area (Å²) < 4.78 is 38.9. The fourth-order valence-electron chi connectivity index (χ4n) is 4.66. The van der Waals surface area contributed by atoms with Crippen molar-refractivity contribution in [2.45, 2.75) is 31.8 Å². The van der Waals surface area contributed by atoms with E-state index in [4.69, 9.17) is 10.6 Å². The molecule has 1 aromatic carbocycles. The van der Waals surface area contributed by atoms with Crippen LogP contribution in [-0.4, -0.2) is 58.8 Å². The molecule has 182 valence electrons. The molecule has 2 N–H and O–H groups in total. The minimum atomic E-state index is -3.25. The normalized spacial score (nSPS) is 19.9. The van der Waals surface area contributed by atoms with Crippen LogP contribution in [0.1, 0.15) is 34.9 Å². The van der Waals surface area contributed by atoms with Crippen molar-refractivity contribution >= 4 is 21.7 Å². The summed E-state index contributed by atoms with van der Waals surface area (Å²) in [5.41, 5.74) is 11.4. The Labute approximate surface area is 202 Å². The number of benzene rings is 1. The predicted molar refractivity (Wildman–Crippen MR) is 130 cm³/mol. The maximum absolute atomic E-state index is 14.2. The summed E-state index contributed by atoms with van der Waals surface area (Å²) in [4.78, 5) is 18.7. The first kappa shape index (κ1) is 23.3. The topological polar surface area (TPSA) is 124 Å². The minimum Gasteiger partial charge on any atom is -0.389 e. The second-order valence-electron chi connectivity index (χ2n) is 8.91. The van der Waals surface area contributed by atoms with Crippen LogP contribution in [0, 0.1) is 12.7 Å². The molecule has 0 radical (unpaired) electrons. The number of sulfonamides is 1. The van der Waals surface area contributed by atoms with Crippen molar-refractivity contribution < 1.29 is 17.6 Å². The first-order chi connectivity index (χ1) is 16.7. The largest absolute Gasteiger partial charge is 0.389 e. The number of nitrogens with zero attached hydrogens (tertiary/aromatic N) is 5. The highest BCUT2D eigenvalue weighted by Crippen LogP contribution is 2.38. The highest BCUT2D eigenvalue weighted by Gasteiger charge is 2.36. The van der Waals surface area contributed by atoms with Crippen molar-refractivity contribution in [3.63, 3.8) is 0 Å². The lowest BCUT2D eigenvalue weighted by atomic mass is 9.78. The first-order valence-corrected chi connectivity index (χ1v) is 13.0. The van der Waals surface area contributed by atoms with Crippen LogP contribution in [0.5, 0.6) is 0 Å². The van der Waals surface area contributed by atoms with E-state index in [1.807, 2.05) is 19.1 Å². The molecule has 2 aromatic heterocycles. The van der Waals surface area contributed by atoms with Crippen LogP contribution in [0.25, 0.3) is 11.1 Å². The predicted octanol–water partition coefficient (Wildman–Crippen LogP) is 2.66. The van der Waals surface area contributed by atoms with Crippen LogP contribution in [0.15, 0.2) is 47.9 Å². The second kappa shape index (κ2) is 8.97. The van der Waals surface area contributed by atoms with Gasteiger partial charge in [0.15, 0.2) is 6.10 Å². The van der Waals surface area contributed by atoms with Crippen molar-refractivity contribution in [2.24, 2.45) is 5.16 Å². The Morgan fingerprint density at radius 3 is 2.71 bits per heavy atom. The molecule has 1 saturated heterocycles. The maximum Gasteiger partial charge on any atom is 0.220 e. The quantitative estimate of drug-likeness (QED) is 0.539. The number of aryl methyl sites for hydroxylation is 1. The van der Waals surface area contributed by atoms with Crippen LogP contribution in [0.4, 0.5) is 10.3 Å². The molecule has 0 bridgehead atoms. The summed E-state index contributed by atoms with van der Waals surface area (Å²) in [7, 11) is -3.25. The number of anilines is 1. The van der Waals surface area contributed by atoms with Gasteiger partial charge in [-0.05, 0) is 48.6 Å². The zero-order valence-electron chi connectivity index (χ0n) is 19.3. The van der Waals surface area contributed by atoms with Gasteiger partial charge in [-0.2, -0.15) is 4.31 Å². The number of oxime groups is 1. The van der Waals surface area contributed by atoms with Gasteiger partial charge in [-0.25, -0.2) is 22.8 Å². The number of nitrogens with two attached hydrogens (primary N) is 1. The molecule has 0 spiro atoms. The lowest BCUT2D eigenvalue weighted by Crippen LogP contribution is -2.53. The molecule has 3 heterocycles. The Kier molecular flexibility index (Phi) is 5.97. The third-order valence-corrected chi connectivity index (χ3v) is 7.61. The molecular weight excluding hydrogens is 471 g/mol. The number of pyridine rings is 1. The van der Waals surface area contributed by atoms with E-state index >= 15 is 0 Å². The number of rotatable bonds is 5. The van der Waals surface area contributed by atoms with Crippen molar-refractivity contribution in [3.05, 3.63) is 71.1 Å². The van der Waals surface area contributed by atoms with E-state index in [1.165, 1.54) is 22.7 Å². The lowest BCUT2D eigenvalue weighted by Gasteiger charge is -2.35. The van der Waals surface area contributed by atoms with E-state index in [2.05, 4.69) is 20.1 Å². The number of halogens is 1. The van der Waals surface area contributed by atoms with E-state index in [9.17, 15) is 12.8 Å². The van der Waals surface area contributed by atoms with Crippen LogP contribution in [0.2, 0.25) is 0 Å². The average Bonchev–Trinajstić information content (AvgIpc) is 2.77. The SMILES string of the molecule is Cc1nc(N)nc2c1C(=NOC1CN(S(C)(=O)=O)C1)CC(c1ccc(F)cc1-c1cccnc1)C2. The smallest absolute Gasteiger partial charge is 0.220 e. The molecule has 3 aromatic rings. The summed E-state index contributed by atoms with van der Waals surface area (Å²) in [6, 6.07) is 8.47. The van der Waals surface area contributed by atoms with Crippen LogP contribution in [0.3, 0.4) is 0 Å². The van der Waals surface area contributed by atoms with E-state index in [-0.39, 0.29) is 36.9 Å². The van der Waals surface area contributed by atoms with Gasteiger partial charge in [0.2, 0.25) is 16.0 Å². The van der Waals surface area contributed by atoms with Crippen molar-refractivity contribution in [2.75, 3.05) is 25.1 Å². The van der Waals surface area contributed by atoms with Gasteiger partial charge in [0.25, 0.3) is 0 Å². The highest BCUT2D eigenvalue weighted by molar-refractivity contribution is 7.88. The molecular formula is C24H25FN6O3S. The Hall–Kier alpha value is -3.44. The monoisotopic (exact) mass is 496 g/mol. The molecule has 2 aliphatic rings. The zero-order valence-corrected chi connectivity index (χ0v) is 20.2. The maximum atomic E-state index is 14.2. The van der Waals surface area contributed by atoms with Crippen molar-refractivity contribution in [1.29, 1.82) is 0 Å². The Bertz CT molecular complexity index is 1410. The van der Waals surface area contributed by atoms with Crippen LogP contribution < -0.4 is 5.73 Å². The molecule has 5 rings (SSSR count). The van der Waals surface area contributed by atoms with E-state index in [1.54, 1.807) is 18.5 Å². The summed E-state index contributed by atoms with van der Waals surface area (Å²) in [5.74, 6) is -0.219. The molecule has 1 aliphatic heterocycles. The van der Waals surface area contributed by atoms with Gasteiger partial charge < -0.3 is 10.6 Å². The summed E-state index contributed by atoms with van der Waals surface area (Å²) >= 11 is 0. The molecule has 1 fully saturated rings. The van der Waals surface area contributed by atoms with Gasteiger partial charge in [-0.3, -0.25) is 4.98 Å². The van der Waals surface area contributed by atoms with E-state index in [0.29, 0.717) is 24.2 Å². The fourth-order valence-corrected chi connectivity index (χ4v) is 5.53. The van der Waals surface area contributed by atoms with Gasteiger partial charge in [-0.15, -0.1) is 0 Å². The third-order valence-electron chi connectivity index (χ3n) is 6.37. The number of fused-ring (bicyclic) bond motifs is 1. The van der Waals surface area contributed by atoms with Crippen molar-refractivity contribution in [3.8, 4) is 11.1 Å². The number of hydrogen-bond acceptors (Lipinski definition) is 8. The molecule has 1 unspecified atom stereocenters. The van der Waals surface area contributed by atoms with Gasteiger partial charge in [-0.1, -0.05) is 17.3 Å². The molecule has 0 amide bonds. The fraction of sp³-hybridized carbons (Fsp3) is 0.333. The van der Waals surface area contributed by atoms with Gasteiger partial charge in [0.1, 0.15) is 5.82 Å². The van der Waals surface area contributed by atoms with Gasteiger partial charge >= 0.3 is 0 Å². The zero-order chi connectivity index (χ0) is 24.7. The minimum absolute atomic E-state index is 0.0664. The summed E-state index contributed by atoms with van der Waals surface area (Å²) in [5, 5.41) is 4.44. The third kappa shape index (κ3) is 4.73. The number of hydrogen-bond donors (Lipinski definition) is 1. The molecule has 9 nitrogen and oxygen atoms in total. The van der Waals surface area contributed by atoms with Gasteiger partial charge in [0, 0.05) is 29.9 Å². The summed E-state index contributed by atoms with van der Waals surface area (Å²) in [6.07, 6.45) is 5.32. The number of nitrogen functional groups attached to an aromatic ring is 1.